The van der Waals surface area contributed by atoms with Gasteiger partial charge in [0.1, 0.15) is 6.10 Å². The molecule has 0 saturated carbocycles. The average molecular weight is 426 g/mol. The molecule has 1 unspecified atom stereocenters. The number of ether oxygens (including phenoxy) is 1. The third kappa shape index (κ3) is 5.26. The van der Waals surface area contributed by atoms with Gasteiger partial charge in [-0.25, -0.2) is 4.79 Å². The number of hydrogen-bond donors (Lipinski definition) is 1. The Kier molecular flexibility index (Phi) is 7.26. The van der Waals surface area contributed by atoms with Crippen molar-refractivity contribution in [3.8, 4) is 0 Å². The second-order valence-corrected chi connectivity index (χ2v) is 12.0. The Balaban J connectivity index is 2.44. The van der Waals surface area contributed by atoms with E-state index in [1.807, 2.05) is 81.4 Å². The first-order chi connectivity index (χ1) is 13.5. The van der Waals surface area contributed by atoms with Crippen LogP contribution in [0.1, 0.15) is 20.8 Å². The summed E-state index contributed by atoms with van der Waals surface area (Å²) in [5, 5.41) is 1.58. The van der Waals surface area contributed by atoms with Crippen LogP contribution in [0.3, 0.4) is 0 Å². The largest absolute Gasteiger partial charge is 0.490 e. The lowest BCUT2D eigenvalue weighted by Gasteiger charge is -2.43. The number of carbonyl (C=O) groups is 1. The van der Waals surface area contributed by atoms with Crippen LogP contribution in [-0.2, 0) is 14.0 Å². The lowest BCUT2D eigenvalue weighted by atomic mass is 10.2. The molecule has 2 aromatic rings. The molecule has 0 aliphatic heterocycles. The van der Waals surface area contributed by atoms with Gasteiger partial charge in [-0.05, 0) is 15.4 Å². The zero-order valence-corrected chi connectivity index (χ0v) is 17.7. The van der Waals surface area contributed by atoms with E-state index in [-0.39, 0.29) is 18.2 Å². The van der Waals surface area contributed by atoms with E-state index in [1.165, 1.54) is 0 Å². The van der Waals surface area contributed by atoms with Crippen molar-refractivity contribution in [3.63, 3.8) is 0 Å². The highest BCUT2D eigenvalue weighted by atomic mass is 28.4. The molecule has 1 atom stereocenters. The van der Waals surface area contributed by atoms with E-state index in [9.17, 15) is 18.0 Å². The molecule has 0 spiro atoms. The molecular formula is C21H26F3NO3Si. The molecule has 2 N–H and O–H groups in total. The number of benzene rings is 2. The van der Waals surface area contributed by atoms with Crippen molar-refractivity contribution in [2.45, 2.75) is 38.1 Å². The van der Waals surface area contributed by atoms with Crippen molar-refractivity contribution >= 4 is 24.7 Å². The molecule has 0 aliphatic rings. The number of alkyl halides is 3. The third-order valence-corrected chi connectivity index (χ3v) is 9.68. The minimum atomic E-state index is -5.08. The van der Waals surface area contributed by atoms with Crippen LogP contribution < -0.4 is 16.1 Å². The van der Waals surface area contributed by atoms with E-state index in [0.29, 0.717) is 0 Å². The monoisotopic (exact) mass is 425 g/mol. The summed E-state index contributed by atoms with van der Waals surface area (Å²) in [5.41, 5.74) is 5.57. The van der Waals surface area contributed by atoms with Crippen LogP contribution in [0.25, 0.3) is 0 Å². The van der Waals surface area contributed by atoms with Gasteiger partial charge in [-0.15, -0.1) is 0 Å². The molecule has 0 aliphatic carbocycles. The van der Waals surface area contributed by atoms with Crippen molar-refractivity contribution < 1.29 is 27.1 Å². The summed E-state index contributed by atoms with van der Waals surface area (Å²) in [6.07, 6.45) is -6.28. The first-order valence-electron chi connectivity index (χ1n) is 9.25. The fourth-order valence-electron chi connectivity index (χ4n) is 3.35. The summed E-state index contributed by atoms with van der Waals surface area (Å²) in [5.74, 6) is -2.26. The van der Waals surface area contributed by atoms with Crippen LogP contribution in [-0.4, -0.2) is 39.7 Å². The molecule has 4 nitrogen and oxygen atoms in total. The predicted molar refractivity (Wildman–Crippen MR) is 109 cm³/mol. The maximum absolute atomic E-state index is 12.6. The number of carbonyl (C=O) groups excluding carboxylic acids is 1. The van der Waals surface area contributed by atoms with Gasteiger partial charge in [-0.1, -0.05) is 81.4 Å². The van der Waals surface area contributed by atoms with Gasteiger partial charge in [0.15, 0.2) is 0 Å². The van der Waals surface area contributed by atoms with Gasteiger partial charge in [0, 0.05) is 6.54 Å². The number of rotatable bonds is 7. The molecule has 0 fully saturated rings. The lowest BCUT2D eigenvalue weighted by molar-refractivity contribution is -0.205. The van der Waals surface area contributed by atoms with E-state index >= 15 is 0 Å². The van der Waals surface area contributed by atoms with Crippen molar-refractivity contribution in [1.29, 1.82) is 0 Å². The van der Waals surface area contributed by atoms with Crippen molar-refractivity contribution in [2.75, 3.05) is 13.2 Å². The summed E-state index contributed by atoms with van der Waals surface area (Å²) < 4.78 is 48.8. The number of hydrogen-bond acceptors (Lipinski definition) is 4. The van der Waals surface area contributed by atoms with Crippen LogP contribution >= 0.6 is 0 Å². The third-order valence-electron chi connectivity index (χ3n) is 4.67. The Labute approximate surface area is 170 Å². The molecule has 0 saturated heterocycles. The van der Waals surface area contributed by atoms with Crippen LogP contribution in [0, 0.1) is 0 Å². The average Bonchev–Trinajstić information content (AvgIpc) is 2.67. The highest BCUT2D eigenvalue weighted by Gasteiger charge is 2.50. The Morgan fingerprint density at radius 2 is 1.41 bits per heavy atom. The van der Waals surface area contributed by atoms with E-state index in [2.05, 4.69) is 4.74 Å². The molecular weight excluding hydrogens is 399 g/mol. The second kappa shape index (κ2) is 9.11. The van der Waals surface area contributed by atoms with Crippen molar-refractivity contribution in [3.05, 3.63) is 60.7 Å². The molecule has 2 rings (SSSR count). The topological polar surface area (TPSA) is 61.6 Å². The standard InChI is InChI=1S/C21H26F3NO3Si/c1-20(2,3)29(17-10-6-4-7-11-17,18-12-8-5-9-13-18)27-15-16(14-25)28-19(26)21(22,23)24/h4-13,16H,14-15,25H2,1-3H3. The Morgan fingerprint density at radius 3 is 1.76 bits per heavy atom. The first-order valence-corrected chi connectivity index (χ1v) is 11.2. The molecule has 0 radical (unpaired) electrons. The van der Waals surface area contributed by atoms with Crippen LogP contribution in [0.4, 0.5) is 13.2 Å². The van der Waals surface area contributed by atoms with Crippen molar-refractivity contribution in [2.24, 2.45) is 5.73 Å². The molecule has 2 aromatic carbocycles. The molecule has 0 aromatic heterocycles. The molecule has 158 valence electrons. The second-order valence-electron chi connectivity index (χ2n) is 7.74. The molecule has 0 bridgehead atoms. The maximum Gasteiger partial charge on any atom is 0.490 e. The van der Waals surface area contributed by atoms with E-state index in [4.69, 9.17) is 10.2 Å². The van der Waals surface area contributed by atoms with Gasteiger partial charge in [-0.3, -0.25) is 0 Å². The SMILES string of the molecule is CC(C)(C)[Si](OCC(CN)OC(=O)C(F)(F)F)(c1ccccc1)c1ccccc1. The minimum Gasteiger partial charge on any atom is -0.452 e. The summed E-state index contributed by atoms with van der Waals surface area (Å²) in [4.78, 5) is 11.2. The fourth-order valence-corrected chi connectivity index (χ4v) is 7.94. The Bertz CT molecular complexity index is 753. The van der Waals surface area contributed by atoms with Crippen LogP contribution in [0.5, 0.6) is 0 Å². The van der Waals surface area contributed by atoms with Gasteiger partial charge < -0.3 is 14.9 Å². The van der Waals surface area contributed by atoms with Gasteiger partial charge in [-0.2, -0.15) is 13.2 Å². The van der Waals surface area contributed by atoms with Gasteiger partial charge in [0.25, 0.3) is 8.32 Å². The molecule has 29 heavy (non-hydrogen) atoms. The Morgan fingerprint density at radius 1 is 0.966 bits per heavy atom. The zero-order chi connectivity index (χ0) is 21.7. The van der Waals surface area contributed by atoms with Crippen molar-refractivity contribution in [1.82, 2.24) is 0 Å². The van der Waals surface area contributed by atoms with E-state index in [0.717, 1.165) is 10.4 Å². The smallest absolute Gasteiger partial charge is 0.452 e. The molecule has 0 heterocycles. The van der Waals surface area contributed by atoms with Gasteiger partial charge in [0.05, 0.1) is 6.61 Å². The van der Waals surface area contributed by atoms with Gasteiger partial charge in [0.2, 0.25) is 0 Å². The number of halogens is 3. The molecule has 0 amide bonds. The Hall–Kier alpha value is -2.16. The first kappa shape index (κ1) is 23.1. The lowest BCUT2D eigenvalue weighted by Crippen LogP contribution is -2.67. The summed E-state index contributed by atoms with van der Waals surface area (Å²) in [6, 6.07) is 19.2. The summed E-state index contributed by atoms with van der Waals surface area (Å²) in [6.45, 7) is 5.61. The van der Waals surface area contributed by atoms with Gasteiger partial charge >= 0.3 is 12.1 Å². The number of nitrogens with two attached hydrogens (primary N) is 1. The summed E-state index contributed by atoms with van der Waals surface area (Å²) in [7, 11) is -2.95. The van der Waals surface area contributed by atoms with E-state index in [1.54, 1.807) is 0 Å². The maximum atomic E-state index is 12.6. The molecule has 8 heteroatoms. The summed E-state index contributed by atoms with van der Waals surface area (Å²) >= 11 is 0. The normalized spacial score (nSPS) is 13.8. The quantitative estimate of drug-likeness (QED) is 0.547. The zero-order valence-electron chi connectivity index (χ0n) is 16.7. The predicted octanol–water partition coefficient (Wildman–Crippen LogP) is 3.00. The van der Waals surface area contributed by atoms with Crippen LogP contribution in [0.2, 0.25) is 5.04 Å². The minimum absolute atomic E-state index is 0.231. The van der Waals surface area contributed by atoms with E-state index < -0.39 is 26.6 Å². The number of esters is 1. The highest BCUT2D eigenvalue weighted by molar-refractivity contribution is 6.99. The fraction of sp³-hybridized carbons (Fsp3) is 0.381. The van der Waals surface area contributed by atoms with Crippen LogP contribution in [0.15, 0.2) is 60.7 Å². The highest BCUT2D eigenvalue weighted by Crippen LogP contribution is 2.36.